The lowest BCUT2D eigenvalue weighted by molar-refractivity contribution is -0.151. The van der Waals surface area contributed by atoms with Crippen LogP contribution in [-0.2, 0) is 9.53 Å². The molecule has 0 radical (unpaired) electrons. The molecule has 21 heavy (non-hydrogen) atoms. The summed E-state index contributed by atoms with van der Waals surface area (Å²) in [5.74, 6) is -0.228. The van der Waals surface area contributed by atoms with E-state index in [9.17, 15) is 14.7 Å². The number of rotatable bonds is 7. The van der Waals surface area contributed by atoms with E-state index in [4.69, 9.17) is 4.74 Å². The lowest BCUT2D eigenvalue weighted by atomic mass is 9.71. The molecular formula is C15H28N2O4. The van der Waals surface area contributed by atoms with Crippen LogP contribution in [0.2, 0.25) is 0 Å². The second-order valence-electron chi connectivity index (χ2n) is 6.05. The van der Waals surface area contributed by atoms with Crippen LogP contribution in [0.25, 0.3) is 0 Å². The lowest BCUT2D eigenvalue weighted by Crippen LogP contribution is -2.48. The van der Waals surface area contributed by atoms with Crippen molar-refractivity contribution in [3.8, 4) is 0 Å². The molecule has 122 valence electrons. The number of ether oxygens (including phenoxy) is 1. The fourth-order valence-electron chi connectivity index (χ4n) is 2.61. The maximum absolute atomic E-state index is 12.0. The maximum atomic E-state index is 12.0. The minimum Gasteiger partial charge on any atom is -0.481 e. The zero-order chi connectivity index (χ0) is 15.9. The van der Waals surface area contributed by atoms with Crippen molar-refractivity contribution in [1.82, 2.24) is 10.2 Å². The van der Waals surface area contributed by atoms with Gasteiger partial charge in [-0.3, -0.25) is 4.79 Å². The molecule has 2 amide bonds. The smallest absolute Gasteiger partial charge is 0.317 e. The number of carboxylic acid groups (broad SMARTS) is 1. The van der Waals surface area contributed by atoms with Gasteiger partial charge in [-0.1, -0.05) is 6.92 Å². The van der Waals surface area contributed by atoms with Gasteiger partial charge in [0.15, 0.2) is 0 Å². The van der Waals surface area contributed by atoms with Crippen LogP contribution in [0, 0.1) is 11.3 Å². The van der Waals surface area contributed by atoms with Gasteiger partial charge in [0, 0.05) is 26.7 Å². The molecule has 0 aromatic carbocycles. The summed E-state index contributed by atoms with van der Waals surface area (Å²) < 4.78 is 5.20. The molecule has 0 aromatic rings. The number of hydrogen-bond donors (Lipinski definition) is 2. The topological polar surface area (TPSA) is 78.9 Å². The van der Waals surface area contributed by atoms with E-state index in [2.05, 4.69) is 12.2 Å². The van der Waals surface area contributed by atoms with Crippen molar-refractivity contribution < 1.29 is 19.4 Å². The summed E-state index contributed by atoms with van der Waals surface area (Å²) >= 11 is 0. The Hall–Kier alpha value is -1.30. The van der Waals surface area contributed by atoms with Crippen LogP contribution < -0.4 is 5.32 Å². The van der Waals surface area contributed by atoms with Gasteiger partial charge in [-0.15, -0.1) is 0 Å². The third-order valence-electron chi connectivity index (χ3n) is 4.38. The first-order valence-corrected chi connectivity index (χ1v) is 7.71. The Morgan fingerprint density at radius 2 is 2.00 bits per heavy atom. The van der Waals surface area contributed by atoms with Crippen LogP contribution in [0.15, 0.2) is 0 Å². The van der Waals surface area contributed by atoms with Crippen LogP contribution in [0.3, 0.4) is 0 Å². The van der Waals surface area contributed by atoms with E-state index in [1.54, 1.807) is 7.05 Å². The Morgan fingerprint density at radius 3 is 2.52 bits per heavy atom. The number of nitrogens with one attached hydrogen (secondary N) is 1. The molecule has 1 fully saturated rings. The predicted octanol–water partition coefficient (Wildman–Crippen LogP) is 1.95. The van der Waals surface area contributed by atoms with E-state index >= 15 is 0 Å². The van der Waals surface area contributed by atoms with E-state index < -0.39 is 11.4 Å². The van der Waals surface area contributed by atoms with Crippen LogP contribution in [0.5, 0.6) is 0 Å². The second-order valence-corrected chi connectivity index (χ2v) is 6.05. The molecule has 6 heteroatoms. The number of nitrogens with zero attached hydrogens (tertiary/aromatic N) is 1. The second kappa shape index (κ2) is 8.22. The highest BCUT2D eigenvalue weighted by Gasteiger charge is 2.41. The minimum absolute atomic E-state index is 0.201. The third kappa shape index (κ3) is 5.19. The van der Waals surface area contributed by atoms with Crippen molar-refractivity contribution in [1.29, 1.82) is 0 Å². The van der Waals surface area contributed by atoms with E-state index in [1.807, 2.05) is 6.92 Å². The Bertz CT molecular complexity index is 352. The number of likely N-dealkylation sites (N-methyl/N-ethyl adjacent to an activating group) is 1. The Morgan fingerprint density at radius 1 is 1.38 bits per heavy atom. The van der Waals surface area contributed by atoms with Crippen LogP contribution >= 0.6 is 0 Å². The van der Waals surface area contributed by atoms with Crippen LogP contribution in [-0.4, -0.2) is 55.4 Å². The predicted molar refractivity (Wildman–Crippen MR) is 80.2 cm³/mol. The first kappa shape index (κ1) is 17.8. The van der Waals surface area contributed by atoms with E-state index in [1.165, 1.54) is 4.90 Å². The Kier molecular flexibility index (Phi) is 6.95. The molecule has 0 aliphatic heterocycles. The number of aliphatic carboxylic acids is 1. The van der Waals surface area contributed by atoms with Gasteiger partial charge in [0.1, 0.15) is 0 Å². The molecule has 6 nitrogen and oxygen atoms in total. The van der Waals surface area contributed by atoms with Gasteiger partial charge in [-0.25, -0.2) is 4.79 Å². The number of hydrogen-bond acceptors (Lipinski definition) is 3. The average Bonchev–Trinajstić information content (AvgIpc) is 2.46. The number of amides is 2. The third-order valence-corrected chi connectivity index (χ3v) is 4.38. The van der Waals surface area contributed by atoms with Crippen molar-refractivity contribution in [3.63, 3.8) is 0 Å². The number of carbonyl (C=O) groups is 2. The Balaban J connectivity index is 2.46. The summed E-state index contributed by atoms with van der Waals surface area (Å²) in [4.78, 5) is 25.1. The highest BCUT2D eigenvalue weighted by Crippen LogP contribution is 2.38. The summed E-state index contributed by atoms with van der Waals surface area (Å²) in [6.07, 6.45) is 3.07. The van der Waals surface area contributed by atoms with Gasteiger partial charge in [0.25, 0.3) is 0 Å². The first-order chi connectivity index (χ1) is 9.91. The molecule has 1 rings (SSSR count). The van der Waals surface area contributed by atoms with E-state index in [-0.39, 0.29) is 12.6 Å². The molecule has 0 unspecified atom stereocenters. The molecule has 2 N–H and O–H groups in total. The standard InChI is InChI=1S/C15H28N2O4/c1-4-21-10-9-17(3)14(20)16-11-15(13(18)19)7-5-12(2)6-8-15/h12H,4-11H2,1-3H3,(H,16,20)(H,18,19). The average molecular weight is 300 g/mol. The molecule has 0 saturated heterocycles. The molecule has 0 aromatic heterocycles. The summed E-state index contributed by atoms with van der Waals surface area (Å²) in [6, 6.07) is -0.242. The monoisotopic (exact) mass is 300 g/mol. The lowest BCUT2D eigenvalue weighted by Gasteiger charge is -2.36. The molecular weight excluding hydrogens is 272 g/mol. The molecule has 1 saturated carbocycles. The number of carboxylic acids is 1. The largest absolute Gasteiger partial charge is 0.481 e. The summed E-state index contributed by atoms with van der Waals surface area (Å²) in [7, 11) is 1.69. The summed E-state index contributed by atoms with van der Waals surface area (Å²) in [5.41, 5.74) is -0.803. The van der Waals surface area contributed by atoms with Crippen molar-refractivity contribution >= 4 is 12.0 Å². The quantitative estimate of drug-likeness (QED) is 0.704. The fourth-order valence-corrected chi connectivity index (χ4v) is 2.61. The fraction of sp³-hybridized carbons (Fsp3) is 0.867. The molecule has 0 bridgehead atoms. The maximum Gasteiger partial charge on any atom is 0.317 e. The zero-order valence-electron chi connectivity index (χ0n) is 13.4. The Labute approximate surface area is 126 Å². The van der Waals surface area contributed by atoms with Crippen molar-refractivity contribution in [2.75, 3.05) is 33.4 Å². The van der Waals surface area contributed by atoms with E-state index in [0.29, 0.717) is 38.5 Å². The van der Waals surface area contributed by atoms with Crippen molar-refractivity contribution in [2.45, 2.75) is 39.5 Å². The van der Waals surface area contributed by atoms with Crippen molar-refractivity contribution in [2.24, 2.45) is 11.3 Å². The van der Waals surface area contributed by atoms with Gasteiger partial charge in [0.2, 0.25) is 0 Å². The normalized spacial score (nSPS) is 25.4. The van der Waals surface area contributed by atoms with Gasteiger partial charge in [-0.2, -0.15) is 0 Å². The van der Waals surface area contributed by atoms with Crippen LogP contribution in [0.1, 0.15) is 39.5 Å². The highest BCUT2D eigenvalue weighted by atomic mass is 16.5. The molecule has 0 atom stereocenters. The van der Waals surface area contributed by atoms with Gasteiger partial charge in [0.05, 0.1) is 12.0 Å². The van der Waals surface area contributed by atoms with E-state index in [0.717, 1.165) is 12.8 Å². The summed E-state index contributed by atoms with van der Waals surface area (Å²) in [5, 5.41) is 12.3. The number of carbonyl (C=O) groups excluding carboxylic acids is 1. The van der Waals surface area contributed by atoms with Gasteiger partial charge < -0.3 is 20.1 Å². The SMILES string of the molecule is CCOCCN(C)C(=O)NCC1(C(=O)O)CCC(C)CC1. The molecule has 1 aliphatic carbocycles. The number of urea groups is 1. The highest BCUT2D eigenvalue weighted by molar-refractivity contribution is 5.78. The first-order valence-electron chi connectivity index (χ1n) is 7.71. The molecule has 0 heterocycles. The van der Waals surface area contributed by atoms with Gasteiger partial charge in [-0.05, 0) is 38.5 Å². The van der Waals surface area contributed by atoms with Crippen molar-refractivity contribution in [3.05, 3.63) is 0 Å². The van der Waals surface area contributed by atoms with Gasteiger partial charge >= 0.3 is 12.0 Å². The molecule has 0 spiro atoms. The molecule has 1 aliphatic rings. The summed E-state index contributed by atoms with van der Waals surface area (Å²) in [6.45, 7) is 5.86. The zero-order valence-corrected chi connectivity index (χ0v) is 13.4. The minimum atomic E-state index is -0.803. The van der Waals surface area contributed by atoms with Crippen LogP contribution in [0.4, 0.5) is 4.79 Å².